The van der Waals surface area contributed by atoms with E-state index >= 15 is 0 Å². The van der Waals surface area contributed by atoms with E-state index < -0.39 is 0 Å². The Balaban J connectivity index is 1.34. The predicted octanol–water partition coefficient (Wildman–Crippen LogP) is 4.01. The van der Waals surface area contributed by atoms with Gasteiger partial charge in [0.1, 0.15) is 24.8 Å². The summed E-state index contributed by atoms with van der Waals surface area (Å²) in [4.78, 5) is 21.4. The molecule has 0 saturated carbocycles. The minimum atomic E-state index is -0.278. The second-order valence-electron chi connectivity index (χ2n) is 5.67. The maximum atomic E-state index is 13.0. The van der Waals surface area contributed by atoms with Crippen LogP contribution in [0, 0.1) is 5.82 Å². The highest BCUT2D eigenvalue weighted by Gasteiger charge is 2.08. The van der Waals surface area contributed by atoms with Crippen LogP contribution in [0.1, 0.15) is 11.4 Å². The van der Waals surface area contributed by atoms with Crippen LogP contribution in [0.15, 0.2) is 60.0 Å². The van der Waals surface area contributed by atoms with E-state index in [2.05, 4.69) is 10.5 Å². The summed E-state index contributed by atoms with van der Waals surface area (Å²) >= 11 is 1.47. The SMILES string of the molecule is O=C(CCc1nc(-c2ccc(F)cc2)cs1)NOCCOc1ccccc1. The maximum Gasteiger partial charge on any atom is 0.243 e. The number of para-hydroxylation sites is 1. The summed E-state index contributed by atoms with van der Waals surface area (Å²) in [5.74, 6) is 0.265. The lowest BCUT2D eigenvalue weighted by Crippen LogP contribution is -2.26. The van der Waals surface area contributed by atoms with Crippen molar-refractivity contribution in [1.29, 1.82) is 0 Å². The fourth-order valence-corrected chi connectivity index (χ4v) is 3.11. The molecule has 1 heterocycles. The molecule has 0 radical (unpaired) electrons. The van der Waals surface area contributed by atoms with Crippen molar-refractivity contribution in [3.63, 3.8) is 0 Å². The normalized spacial score (nSPS) is 10.6. The van der Waals surface area contributed by atoms with Crippen LogP contribution in [0.2, 0.25) is 0 Å². The number of amides is 1. The van der Waals surface area contributed by atoms with E-state index in [1.165, 1.54) is 23.5 Å². The van der Waals surface area contributed by atoms with Crippen molar-refractivity contribution in [2.24, 2.45) is 0 Å². The van der Waals surface area contributed by atoms with Crippen molar-refractivity contribution in [3.8, 4) is 17.0 Å². The molecule has 0 saturated heterocycles. The molecular formula is C20H19FN2O3S. The van der Waals surface area contributed by atoms with Gasteiger partial charge in [0.15, 0.2) is 0 Å². The number of nitrogens with zero attached hydrogens (tertiary/aromatic N) is 1. The molecule has 5 nitrogen and oxygen atoms in total. The lowest BCUT2D eigenvalue weighted by molar-refractivity contribution is -0.134. The second-order valence-corrected chi connectivity index (χ2v) is 6.61. The molecule has 0 bridgehead atoms. The Morgan fingerprint density at radius 2 is 1.85 bits per heavy atom. The fourth-order valence-electron chi connectivity index (χ4n) is 2.30. The van der Waals surface area contributed by atoms with Gasteiger partial charge in [-0.25, -0.2) is 14.9 Å². The summed E-state index contributed by atoms with van der Waals surface area (Å²) in [6.45, 7) is 0.602. The summed E-state index contributed by atoms with van der Waals surface area (Å²) in [5, 5.41) is 2.75. The van der Waals surface area contributed by atoms with E-state index in [4.69, 9.17) is 9.57 Å². The van der Waals surface area contributed by atoms with Gasteiger partial charge in [-0.05, 0) is 36.4 Å². The molecule has 1 amide bonds. The van der Waals surface area contributed by atoms with Gasteiger partial charge in [-0.3, -0.25) is 9.63 Å². The molecule has 2 aromatic carbocycles. The molecule has 0 spiro atoms. The number of carbonyl (C=O) groups is 1. The molecule has 7 heteroatoms. The van der Waals surface area contributed by atoms with Gasteiger partial charge < -0.3 is 4.74 Å². The molecule has 0 aliphatic carbocycles. The average Bonchev–Trinajstić information content (AvgIpc) is 3.16. The van der Waals surface area contributed by atoms with Crippen LogP contribution in [-0.2, 0) is 16.1 Å². The molecule has 1 aromatic heterocycles. The summed E-state index contributed by atoms with van der Waals surface area (Å²) < 4.78 is 18.4. The van der Waals surface area contributed by atoms with Gasteiger partial charge in [0, 0.05) is 23.8 Å². The number of benzene rings is 2. The van der Waals surface area contributed by atoms with Crippen LogP contribution in [0.5, 0.6) is 5.75 Å². The number of hydrogen-bond donors (Lipinski definition) is 1. The van der Waals surface area contributed by atoms with Crippen LogP contribution in [-0.4, -0.2) is 24.1 Å². The third-order valence-corrected chi connectivity index (χ3v) is 4.55. The van der Waals surface area contributed by atoms with Crippen molar-refractivity contribution in [2.75, 3.05) is 13.2 Å². The van der Waals surface area contributed by atoms with E-state index in [-0.39, 0.29) is 24.8 Å². The van der Waals surface area contributed by atoms with Gasteiger partial charge in [0.2, 0.25) is 5.91 Å². The number of aromatic nitrogens is 1. The largest absolute Gasteiger partial charge is 0.491 e. The van der Waals surface area contributed by atoms with Gasteiger partial charge in [-0.1, -0.05) is 18.2 Å². The summed E-state index contributed by atoms with van der Waals surface area (Å²) in [6, 6.07) is 15.6. The van der Waals surface area contributed by atoms with Crippen LogP contribution in [0.3, 0.4) is 0 Å². The van der Waals surface area contributed by atoms with Crippen molar-refractivity contribution in [1.82, 2.24) is 10.5 Å². The fraction of sp³-hybridized carbons (Fsp3) is 0.200. The van der Waals surface area contributed by atoms with E-state index in [1.54, 1.807) is 12.1 Å². The van der Waals surface area contributed by atoms with Crippen molar-refractivity contribution >= 4 is 17.2 Å². The van der Waals surface area contributed by atoms with Crippen molar-refractivity contribution in [3.05, 3.63) is 70.8 Å². The Bertz CT molecular complexity index is 853. The monoisotopic (exact) mass is 386 g/mol. The Morgan fingerprint density at radius 1 is 1.07 bits per heavy atom. The molecule has 27 heavy (non-hydrogen) atoms. The first-order valence-corrected chi connectivity index (χ1v) is 9.37. The molecular weight excluding hydrogens is 367 g/mol. The maximum absolute atomic E-state index is 13.0. The molecule has 0 unspecified atom stereocenters. The Hall–Kier alpha value is -2.77. The molecule has 0 atom stereocenters. The number of halogens is 1. The topological polar surface area (TPSA) is 60.5 Å². The van der Waals surface area contributed by atoms with Crippen LogP contribution in [0.25, 0.3) is 11.3 Å². The van der Waals surface area contributed by atoms with E-state index in [0.717, 1.165) is 22.0 Å². The number of carbonyl (C=O) groups excluding carboxylic acids is 1. The minimum Gasteiger partial charge on any atom is -0.491 e. The van der Waals surface area contributed by atoms with E-state index in [0.29, 0.717) is 13.0 Å². The number of aryl methyl sites for hydroxylation is 1. The lowest BCUT2D eigenvalue weighted by atomic mass is 10.2. The third kappa shape index (κ3) is 6.16. The van der Waals surface area contributed by atoms with Crippen molar-refractivity contribution < 1.29 is 18.8 Å². The zero-order valence-electron chi connectivity index (χ0n) is 14.6. The van der Waals surface area contributed by atoms with E-state index in [1.807, 2.05) is 35.7 Å². The summed E-state index contributed by atoms with van der Waals surface area (Å²) in [7, 11) is 0. The Morgan fingerprint density at radius 3 is 2.63 bits per heavy atom. The number of nitrogens with one attached hydrogen (secondary N) is 1. The molecule has 0 aliphatic heterocycles. The average molecular weight is 386 g/mol. The molecule has 0 aliphatic rings. The molecule has 3 aromatic rings. The standard InChI is InChI=1S/C20H19FN2O3S/c21-16-8-6-15(7-9-16)18-14-27-20(22-18)11-10-19(24)23-26-13-12-25-17-4-2-1-3-5-17/h1-9,14H,10-13H2,(H,23,24). The molecule has 140 valence electrons. The third-order valence-electron chi connectivity index (χ3n) is 3.64. The van der Waals surface area contributed by atoms with Gasteiger partial charge in [-0.2, -0.15) is 0 Å². The summed E-state index contributed by atoms with van der Waals surface area (Å²) in [5.41, 5.74) is 4.03. The highest BCUT2D eigenvalue weighted by atomic mass is 32.1. The van der Waals surface area contributed by atoms with Gasteiger partial charge in [-0.15, -0.1) is 11.3 Å². The highest BCUT2D eigenvalue weighted by molar-refractivity contribution is 7.09. The number of ether oxygens (including phenoxy) is 1. The Kier molecular flexibility index (Phi) is 6.90. The molecule has 1 N–H and O–H groups in total. The van der Waals surface area contributed by atoms with Crippen molar-refractivity contribution in [2.45, 2.75) is 12.8 Å². The van der Waals surface area contributed by atoms with Crippen LogP contribution < -0.4 is 10.2 Å². The smallest absolute Gasteiger partial charge is 0.243 e. The number of rotatable bonds is 9. The zero-order chi connectivity index (χ0) is 18.9. The number of hydrogen-bond acceptors (Lipinski definition) is 5. The first-order valence-electron chi connectivity index (χ1n) is 8.49. The highest BCUT2D eigenvalue weighted by Crippen LogP contribution is 2.22. The first kappa shape index (κ1) is 19.0. The first-order chi connectivity index (χ1) is 13.2. The van der Waals surface area contributed by atoms with Gasteiger partial charge in [0.25, 0.3) is 0 Å². The predicted molar refractivity (Wildman–Crippen MR) is 102 cm³/mol. The van der Waals surface area contributed by atoms with E-state index in [9.17, 15) is 9.18 Å². The Labute approximate surface area is 160 Å². The number of thiazole rings is 1. The quantitative estimate of drug-likeness (QED) is 0.446. The van der Waals surface area contributed by atoms with Crippen LogP contribution >= 0.6 is 11.3 Å². The number of hydroxylamine groups is 1. The minimum absolute atomic E-state index is 0.215. The van der Waals surface area contributed by atoms with Gasteiger partial charge >= 0.3 is 0 Å². The molecule has 3 rings (SSSR count). The van der Waals surface area contributed by atoms with Gasteiger partial charge in [0.05, 0.1) is 10.7 Å². The second kappa shape index (κ2) is 9.80. The zero-order valence-corrected chi connectivity index (χ0v) is 15.4. The lowest BCUT2D eigenvalue weighted by Gasteiger charge is -2.07. The van der Waals surface area contributed by atoms with Crippen LogP contribution in [0.4, 0.5) is 4.39 Å². The molecule has 0 fully saturated rings. The summed E-state index contributed by atoms with van der Waals surface area (Å²) in [6.07, 6.45) is 0.789.